The van der Waals surface area contributed by atoms with E-state index in [1.165, 1.54) is 5.56 Å². The van der Waals surface area contributed by atoms with Gasteiger partial charge < -0.3 is 10.4 Å². The minimum atomic E-state index is -0.991. The molecular weight excluding hydrogens is 278 g/mol. The number of carbonyl (C=O) groups excluding carboxylic acids is 1. The zero-order chi connectivity index (χ0) is 16.5. The highest BCUT2D eigenvalue weighted by atomic mass is 16.4. The van der Waals surface area contributed by atoms with E-state index in [-0.39, 0.29) is 11.8 Å². The fourth-order valence-corrected chi connectivity index (χ4v) is 2.44. The maximum absolute atomic E-state index is 12.0. The fourth-order valence-electron chi connectivity index (χ4n) is 2.44. The van der Waals surface area contributed by atoms with Crippen LogP contribution in [-0.2, 0) is 22.4 Å². The van der Waals surface area contributed by atoms with Crippen molar-refractivity contribution < 1.29 is 14.7 Å². The Hall–Kier alpha value is -1.84. The van der Waals surface area contributed by atoms with E-state index in [9.17, 15) is 14.7 Å². The van der Waals surface area contributed by atoms with Crippen LogP contribution in [0.1, 0.15) is 51.2 Å². The maximum atomic E-state index is 12.0. The lowest BCUT2D eigenvalue weighted by Crippen LogP contribution is -2.44. The molecule has 0 aliphatic rings. The Labute approximate surface area is 132 Å². The van der Waals surface area contributed by atoms with Crippen LogP contribution in [0.2, 0.25) is 0 Å². The van der Waals surface area contributed by atoms with E-state index < -0.39 is 12.0 Å². The molecule has 0 aliphatic heterocycles. The molecule has 2 atom stereocenters. The molecule has 2 unspecified atom stereocenters. The van der Waals surface area contributed by atoms with Gasteiger partial charge in [-0.05, 0) is 24.0 Å². The summed E-state index contributed by atoms with van der Waals surface area (Å²) in [5, 5.41) is 12.0. The second-order valence-corrected chi connectivity index (χ2v) is 5.86. The third-order valence-electron chi connectivity index (χ3n) is 3.79. The molecule has 0 fully saturated rings. The van der Waals surface area contributed by atoms with Crippen molar-refractivity contribution in [2.24, 2.45) is 5.92 Å². The highest BCUT2D eigenvalue weighted by molar-refractivity contribution is 5.84. The Balaban J connectivity index is 2.67. The number of hydrogen-bond acceptors (Lipinski definition) is 2. The third-order valence-corrected chi connectivity index (χ3v) is 3.79. The average Bonchev–Trinajstić information content (AvgIpc) is 2.48. The van der Waals surface area contributed by atoms with Gasteiger partial charge in [0.05, 0.1) is 0 Å². The van der Waals surface area contributed by atoms with Crippen LogP contribution < -0.4 is 5.32 Å². The lowest BCUT2D eigenvalue weighted by molar-refractivity contribution is -0.142. The van der Waals surface area contributed by atoms with Crippen molar-refractivity contribution in [3.8, 4) is 0 Å². The van der Waals surface area contributed by atoms with Gasteiger partial charge in [0.2, 0.25) is 5.91 Å². The van der Waals surface area contributed by atoms with E-state index in [0.717, 1.165) is 31.2 Å². The molecule has 4 heteroatoms. The Kier molecular flexibility index (Phi) is 7.64. The van der Waals surface area contributed by atoms with E-state index in [4.69, 9.17) is 0 Å². The SMILES string of the molecule is CCCc1ccc(CC(NC(=O)C(C)CCC)C(=O)O)cc1. The van der Waals surface area contributed by atoms with Crippen LogP contribution in [0.5, 0.6) is 0 Å². The second kappa shape index (κ2) is 9.23. The van der Waals surface area contributed by atoms with Crippen molar-refractivity contribution in [1.29, 1.82) is 0 Å². The molecule has 0 aliphatic carbocycles. The van der Waals surface area contributed by atoms with Crippen LogP contribution in [0.3, 0.4) is 0 Å². The predicted octanol–water partition coefficient (Wildman–Crippen LogP) is 3.19. The number of aliphatic carboxylic acids is 1. The van der Waals surface area contributed by atoms with E-state index in [0.29, 0.717) is 6.42 Å². The van der Waals surface area contributed by atoms with E-state index in [2.05, 4.69) is 12.2 Å². The molecule has 2 N–H and O–H groups in total. The Bertz CT molecular complexity index is 482. The van der Waals surface area contributed by atoms with Gasteiger partial charge >= 0.3 is 5.97 Å². The first-order chi connectivity index (χ1) is 10.5. The molecule has 0 radical (unpaired) electrons. The summed E-state index contributed by atoms with van der Waals surface area (Å²) in [6.07, 6.45) is 4.10. The first kappa shape index (κ1) is 18.2. The molecule has 22 heavy (non-hydrogen) atoms. The van der Waals surface area contributed by atoms with Crippen LogP contribution in [0.15, 0.2) is 24.3 Å². The van der Waals surface area contributed by atoms with E-state index in [1.54, 1.807) is 0 Å². The van der Waals surface area contributed by atoms with Crippen molar-refractivity contribution in [2.75, 3.05) is 0 Å². The third kappa shape index (κ3) is 5.88. The Morgan fingerprint density at radius 1 is 1.09 bits per heavy atom. The van der Waals surface area contributed by atoms with Gasteiger partial charge in [0, 0.05) is 12.3 Å². The first-order valence-electron chi connectivity index (χ1n) is 8.08. The molecular formula is C18H27NO3. The summed E-state index contributed by atoms with van der Waals surface area (Å²) in [6.45, 7) is 5.97. The van der Waals surface area contributed by atoms with Crippen LogP contribution in [0.25, 0.3) is 0 Å². The van der Waals surface area contributed by atoms with Crippen molar-refractivity contribution >= 4 is 11.9 Å². The molecule has 1 aromatic carbocycles. The quantitative estimate of drug-likeness (QED) is 0.736. The van der Waals surface area contributed by atoms with Crippen molar-refractivity contribution in [3.05, 3.63) is 35.4 Å². The number of hydrogen-bond donors (Lipinski definition) is 2. The zero-order valence-electron chi connectivity index (χ0n) is 13.8. The molecule has 1 amide bonds. The summed E-state index contributed by atoms with van der Waals surface area (Å²) < 4.78 is 0. The van der Waals surface area contributed by atoms with Crippen molar-refractivity contribution in [1.82, 2.24) is 5.32 Å². The van der Waals surface area contributed by atoms with Gasteiger partial charge in [-0.3, -0.25) is 4.79 Å². The molecule has 0 aromatic heterocycles. The molecule has 0 saturated carbocycles. The van der Waals surface area contributed by atoms with Crippen LogP contribution in [0, 0.1) is 5.92 Å². The first-order valence-corrected chi connectivity index (χ1v) is 8.08. The van der Waals surface area contributed by atoms with Gasteiger partial charge in [0.1, 0.15) is 6.04 Å². The van der Waals surface area contributed by atoms with E-state index in [1.807, 2.05) is 38.1 Å². The summed E-state index contributed by atoms with van der Waals surface area (Å²) in [5.41, 5.74) is 2.18. The second-order valence-electron chi connectivity index (χ2n) is 5.86. The lowest BCUT2D eigenvalue weighted by Gasteiger charge is -2.18. The average molecular weight is 305 g/mol. The van der Waals surface area contributed by atoms with Crippen LogP contribution >= 0.6 is 0 Å². The van der Waals surface area contributed by atoms with Crippen LogP contribution in [-0.4, -0.2) is 23.0 Å². The summed E-state index contributed by atoms with van der Waals surface area (Å²) in [6, 6.07) is 7.08. The summed E-state index contributed by atoms with van der Waals surface area (Å²) in [5.74, 6) is -1.33. The molecule has 1 aromatic rings. The van der Waals surface area contributed by atoms with Crippen molar-refractivity contribution in [3.63, 3.8) is 0 Å². The molecule has 0 bridgehead atoms. The number of rotatable bonds is 9. The standard InChI is InChI=1S/C18H27NO3/c1-4-6-13(3)17(20)19-16(18(21)22)12-15-10-8-14(7-5-2)9-11-15/h8-11,13,16H,4-7,12H2,1-3H3,(H,19,20)(H,21,22). The van der Waals surface area contributed by atoms with E-state index >= 15 is 0 Å². The number of carbonyl (C=O) groups is 2. The van der Waals surface area contributed by atoms with Gasteiger partial charge in [0.25, 0.3) is 0 Å². The smallest absolute Gasteiger partial charge is 0.326 e. The number of aryl methyl sites for hydroxylation is 1. The topological polar surface area (TPSA) is 66.4 Å². The van der Waals surface area contributed by atoms with Gasteiger partial charge in [-0.1, -0.05) is 57.9 Å². The number of benzene rings is 1. The number of amides is 1. The van der Waals surface area contributed by atoms with Gasteiger partial charge in [-0.15, -0.1) is 0 Å². The normalized spacial score (nSPS) is 13.4. The Morgan fingerprint density at radius 2 is 1.68 bits per heavy atom. The fraction of sp³-hybridized carbons (Fsp3) is 0.556. The summed E-state index contributed by atoms with van der Waals surface area (Å²) >= 11 is 0. The minimum Gasteiger partial charge on any atom is -0.480 e. The summed E-state index contributed by atoms with van der Waals surface area (Å²) in [4.78, 5) is 23.4. The summed E-state index contributed by atoms with van der Waals surface area (Å²) in [7, 11) is 0. The predicted molar refractivity (Wildman–Crippen MR) is 87.8 cm³/mol. The Morgan fingerprint density at radius 3 is 2.18 bits per heavy atom. The molecule has 1 rings (SSSR count). The van der Waals surface area contributed by atoms with Gasteiger partial charge in [0.15, 0.2) is 0 Å². The van der Waals surface area contributed by atoms with Gasteiger partial charge in [-0.25, -0.2) is 4.79 Å². The monoisotopic (exact) mass is 305 g/mol. The molecule has 122 valence electrons. The lowest BCUT2D eigenvalue weighted by atomic mass is 10.0. The highest BCUT2D eigenvalue weighted by Gasteiger charge is 2.22. The van der Waals surface area contributed by atoms with Crippen LogP contribution in [0.4, 0.5) is 0 Å². The van der Waals surface area contributed by atoms with Crippen molar-refractivity contribution in [2.45, 2.75) is 58.9 Å². The molecule has 0 spiro atoms. The highest BCUT2D eigenvalue weighted by Crippen LogP contribution is 2.10. The number of nitrogens with one attached hydrogen (secondary N) is 1. The number of carboxylic acid groups (broad SMARTS) is 1. The number of carboxylic acids is 1. The molecule has 0 heterocycles. The van der Waals surface area contributed by atoms with Gasteiger partial charge in [-0.2, -0.15) is 0 Å². The minimum absolute atomic E-state index is 0.154. The maximum Gasteiger partial charge on any atom is 0.326 e. The zero-order valence-corrected chi connectivity index (χ0v) is 13.8. The molecule has 4 nitrogen and oxygen atoms in total. The molecule has 0 saturated heterocycles. The largest absolute Gasteiger partial charge is 0.480 e.